The van der Waals surface area contributed by atoms with Crippen molar-refractivity contribution in [3.05, 3.63) is 28.8 Å². The number of nitrogens with zero attached hydrogens (tertiary/aromatic N) is 1. The molecular weight excluding hydrogens is 284 g/mol. The monoisotopic (exact) mass is 310 g/mol. The third-order valence-electron chi connectivity index (χ3n) is 4.60. The van der Waals surface area contributed by atoms with Crippen molar-refractivity contribution in [1.82, 2.24) is 4.31 Å². The van der Waals surface area contributed by atoms with E-state index in [1.54, 1.807) is 10.4 Å². The lowest BCUT2D eigenvalue weighted by molar-refractivity contribution is 0.388. The van der Waals surface area contributed by atoms with E-state index in [4.69, 9.17) is 5.73 Å². The second kappa shape index (κ2) is 6.07. The molecule has 0 amide bonds. The lowest BCUT2D eigenvalue weighted by Crippen LogP contribution is -2.30. The summed E-state index contributed by atoms with van der Waals surface area (Å²) in [5.41, 5.74) is 8.48. The molecule has 1 aliphatic heterocycles. The number of rotatable bonds is 4. The first-order chi connectivity index (χ1) is 9.77. The van der Waals surface area contributed by atoms with Crippen molar-refractivity contribution >= 4 is 10.0 Å². The quantitative estimate of drug-likeness (QED) is 0.929. The van der Waals surface area contributed by atoms with Gasteiger partial charge in [0.1, 0.15) is 0 Å². The van der Waals surface area contributed by atoms with Gasteiger partial charge in [0.2, 0.25) is 10.0 Å². The van der Waals surface area contributed by atoms with Crippen molar-refractivity contribution in [3.8, 4) is 0 Å². The summed E-state index contributed by atoms with van der Waals surface area (Å²) in [5, 5.41) is 0. The van der Waals surface area contributed by atoms with Crippen LogP contribution < -0.4 is 5.73 Å². The molecule has 0 aromatic heterocycles. The highest BCUT2D eigenvalue weighted by Gasteiger charge is 2.34. The van der Waals surface area contributed by atoms with E-state index in [1.165, 1.54) is 0 Å². The van der Waals surface area contributed by atoms with E-state index < -0.39 is 10.0 Å². The standard InChI is InChI=1S/C16H26N2O2S/c1-11(2)14-5-6-18(10-14)21(19,20)16-8-15(9-17)12(3)7-13(16)4/h7-8,11,14H,5-6,9-10,17H2,1-4H3. The molecule has 1 fully saturated rings. The van der Waals surface area contributed by atoms with Crippen LogP contribution in [0.3, 0.4) is 0 Å². The molecule has 1 atom stereocenters. The molecule has 4 nitrogen and oxygen atoms in total. The van der Waals surface area contributed by atoms with Crippen LogP contribution in [-0.4, -0.2) is 25.8 Å². The topological polar surface area (TPSA) is 63.4 Å². The van der Waals surface area contributed by atoms with Crippen molar-refractivity contribution in [2.75, 3.05) is 13.1 Å². The number of sulfonamides is 1. The molecule has 1 aromatic rings. The molecule has 1 unspecified atom stereocenters. The lowest BCUT2D eigenvalue weighted by atomic mass is 9.96. The van der Waals surface area contributed by atoms with Gasteiger partial charge >= 0.3 is 0 Å². The minimum atomic E-state index is -3.41. The fourth-order valence-electron chi connectivity index (χ4n) is 3.03. The molecule has 21 heavy (non-hydrogen) atoms. The third-order valence-corrected chi connectivity index (χ3v) is 6.61. The predicted molar refractivity (Wildman–Crippen MR) is 85.5 cm³/mol. The molecule has 118 valence electrons. The Bertz CT molecular complexity index is 623. The van der Waals surface area contributed by atoms with E-state index in [1.807, 2.05) is 19.9 Å². The van der Waals surface area contributed by atoms with Gasteiger partial charge in [-0.1, -0.05) is 19.9 Å². The highest BCUT2D eigenvalue weighted by molar-refractivity contribution is 7.89. The Kier molecular flexibility index (Phi) is 4.76. The number of benzene rings is 1. The molecule has 2 N–H and O–H groups in total. The van der Waals surface area contributed by atoms with Crippen LogP contribution in [0.4, 0.5) is 0 Å². The molecule has 1 aromatic carbocycles. The molecule has 0 saturated carbocycles. The van der Waals surface area contributed by atoms with Crippen LogP contribution in [0.15, 0.2) is 17.0 Å². The Morgan fingerprint density at radius 1 is 1.29 bits per heavy atom. The number of nitrogens with two attached hydrogens (primary N) is 1. The van der Waals surface area contributed by atoms with Crippen LogP contribution in [0.25, 0.3) is 0 Å². The van der Waals surface area contributed by atoms with Crippen LogP contribution >= 0.6 is 0 Å². The van der Waals surface area contributed by atoms with Crippen molar-refractivity contribution in [2.24, 2.45) is 17.6 Å². The minimum absolute atomic E-state index is 0.364. The Morgan fingerprint density at radius 2 is 1.95 bits per heavy atom. The van der Waals surface area contributed by atoms with Crippen molar-refractivity contribution in [1.29, 1.82) is 0 Å². The Morgan fingerprint density at radius 3 is 2.48 bits per heavy atom. The zero-order chi connectivity index (χ0) is 15.8. The van der Waals surface area contributed by atoms with E-state index in [0.717, 1.165) is 23.1 Å². The van der Waals surface area contributed by atoms with Crippen LogP contribution in [0.2, 0.25) is 0 Å². The molecule has 2 rings (SSSR count). The highest BCUT2D eigenvalue weighted by atomic mass is 32.2. The van der Waals surface area contributed by atoms with Gasteiger partial charge in [0.15, 0.2) is 0 Å². The van der Waals surface area contributed by atoms with Gasteiger partial charge in [-0.25, -0.2) is 8.42 Å². The van der Waals surface area contributed by atoms with Crippen molar-refractivity contribution in [2.45, 2.75) is 45.6 Å². The normalized spacial score (nSPS) is 20.4. The zero-order valence-electron chi connectivity index (χ0n) is 13.4. The summed E-state index contributed by atoms with van der Waals surface area (Å²) in [6, 6.07) is 3.67. The maximum Gasteiger partial charge on any atom is 0.243 e. The molecule has 0 bridgehead atoms. The van der Waals surface area contributed by atoms with E-state index in [0.29, 0.717) is 36.4 Å². The maximum atomic E-state index is 12.9. The molecule has 0 radical (unpaired) electrons. The molecule has 1 saturated heterocycles. The predicted octanol–water partition coefficient (Wildman–Crippen LogP) is 2.43. The van der Waals surface area contributed by atoms with Crippen molar-refractivity contribution in [3.63, 3.8) is 0 Å². The van der Waals surface area contributed by atoms with Crippen molar-refractivity contribution < 1.29 is 8.42 Å². The smallest absolute Gasteiger partial charge is 0.243 e. The van der Waals surface area contributed by atoms with Gasteiger partial charge in [-0.3, -0.25) is 0 Å². The van der Waals surface area contributed by atoms with E-state index in [9.17, 15) is 8.42 Å². The third kappa shape index (κ3) is 3.15. The van der Waals surface area contributed by atoms with Crippen LogP contribution in [0.1, 0.15) is 37.0 Å². The molecule has 0 aliphatic carbocycles. The summed E-state index contributed by atoms with van der Waals surface area (Å²) in [4.78, 5) is 0.415. The fourth-order valence-corrected chi connectivity index (χ4v) is 4.80. The van der Waals surface area contributed by atoms with Gasteiger partial charge in [-0.15, -0.1) is 0 Å². The minimum Gasteiger partial charge on any atom is -0.326 e. The summed E-state index contributed by atoms with van der Waals surface area (Å²) >= 11 is 0. The summed E-state index contributed by atoms with van der Waals surface area (Å²) in [5.74, 6) is 0.975. The first kappa shape index (κ1) is 16.5. The Hall–Kier alpha value is -0.910. The number of hydrogen-bond donors (Lipinski definition) is 1. The fraction of sp³-hybridized carbons (Fsp3) is 0.625. The largest absolute Gasteiger partial charge is 0.326 e. The van der Waals surface area contributed by atoms with E-state index in [2.05, 4.69) is 13.8 Å². The molecule has 0 spiro atoms. The maximum absolute atomic E-state index is 12.9. The second-order valence-electron chi connectivity index (χ2n) is 6.40. The van der Waals surface area contributed by atoms with Gasteiger partial charge in [-0.2, -0.15) is 4.31 Å². The summed E-state index contributed by atoms with van der Waals surface area (Å²) in [6.07, 6.45) is 0.950. The van der Waals surface area contributed by atoms with E-state index in [-0.39, 0.29) is 0 Å². The van der Waals surface area contributed by atoms with Gasteiger partial charge in [-0.05, 0) is 54.9 Å². The first-order valence-corrected chi connectivity index (χ1v) is 9.01. The van der Waals surface area contributed by atoms with Gasteiger partial charge in [0, 0.05) is 19.6 Å². The number of hydrogen-bond acceptors (Lipinski definition) is 3. The van der Waals surface area contributed by atoms with Crippen LogP contribution in [-0.2, 0) is 16.6 Å². The Balaban J connectivity index is 2.37. The zero-order valence-corrected chi connectivity index (χ0v) is 14.2. The first-order valence-electron chi connectivity index (χ1n) is 7.57. The number of aryl methyl sites for hydroxylation is 2. The lowest BCUT2D eigenvalue weighted by Gasteiger charge is -2.20. The van der Waals surface area contributed by atoms with Gasteiger partial charge in [0.05, 0.1) is 4.90 Å². The second-order valence-corrected chi connectivity index (χ2v) is 8.31. The molecule has 1 aliphatic rings. The van der Waals surface area contributed by atoms with Gasteiger partial charge < -0.3 is 5.73 Å². The highest BCUT2D eigenvalue weighted by Crippen LogP contribution is 2.30. The average molecular weight is 310 g/mol. The molecule has 5 heteroatoms. The summed E-state index contributed by atoms with van der Waals surface area (Å²) < 4.78 is 27.4. The average Bonchev–Trinajstić information content (AvgIpc) is 2.89. The van der Waals surface area contributed by atoms with Gasteiger partial charge in [0.25, 0.3) is 0 Å². The Labute approximate surface area is 128 Å². The van der Waals surface area contributed by atoms with E-state index >= 15 is 0 Å². The summed E-state index contributed by atoms with van der Waals surface area (Å²) in [6.45, 7) is 9.76. The molecule has 1 heterocycles. The summed E-state index contributed by atoms with van der Waals surface area (Å²) in [7, 11) is -3.41. The van der Waals surface area contributed by atoms with Crippen LogP contribution in [0.5, 0.6) is 0 Å². The molecular formula is C16H26N2O2S. The SMILES string of the molecule is Cc1cc(C)c(S(=O)(=O)N2CCC(C(C)C)C2)cc1CN. The van der Waals surface area contributed by atoms with Crippen LogP contribution in [0, 0.1) is 25.7 Å².